The zero-order valence-corrected chi connectivity index (χ0v) is 14.9. The van der Waals surface area contributed by atoms with Gasteiger partial charge in [-0.2, -0.15) is 0 Å². The average molecular weight is 341 g/mol. The topological polar surface area (TPSA) is 48.6 Å². The lowest BCUT2D eigenvalue weighted by Gasteiger charge is -2.38. The average Bonchev–Trinajstić information content (AvgIpc) is 3.12. The van der Waals surface area contributed by atoms with Gasteiger partial charge in [0.25, 0.3) is 0 Å². The van der Waals surface area contributed by atoms with Crippen LogP contribution in [0.1, 0.15) is 31.4 Å². The first-order chi connectivity index (χ1) is 12.2. The maximum absolute atomic E-state index is 12.7. The smallest absolute Gasteiger partial charge is 0.239 e. The van der Waals surface area contributed by atoms with E-state index in [1.54, 1.807) is 0 Å². The number of carbonyl (C=O) groups excluding carboxylic acids is 1. The number of hydrogen-bond donors (Lipinski definition) is 1. The normalized spacial score (nSPS) is 21.6. The lowest BCUT2D eigenvalue weighted by Crippen LogP contribution is -2.52. The lowest BCUT2D eigenvalue weighted by atomic mass is 9.92. The number of aromatic amines is 1. The van der Waals surface area contributed by atoms with E-state index in [9.17, 15) is 4.79 Å². The molecule has 134 valence electrons. The Bertz CT molecular complexity index is 694. The molecule has 0 radical (unpaired) electrons. The van der Waals surface area contributed by atoms with Crippen LogP contribution in [-0.4, -0.2) is 66.1 Å². The van der Waals surface area contributed by atoms with E-state index >= 15 is 0 Å². The number of piperidine rings is 1. The number of morpholine rings is 1. The Morgan fingerprint density at radius 3 is 2.60 bits per heavy atom. The minimum Gasteiger partial charge on any atom is -0.378 e. The maximum atomic E-state index is 12.7. The molecule has 1 atom stereocenters. The second-order valence-corrected chi connectivity index (χ2v) is 7.24. The van der Waals surface area contributed by atoms with E-state index in [0.717, 1.165) is 39.0 Å². The van der Waals surface area contributed by atoms with E-state index in [1.807, 2.05) is 4.90 Å². The van der Waals surface area contributed by atoms with Crippen LogP contribution in [0.3, 0.4) is 0 Å². The molecule has 0 unspecified atom stereocenters. The molecule has 1 N–H and O–H groups in total. The predicted octanol–water partition coefficient (Wildman–Crippen LogP) is 2.59. The molecule has 2 aliphatic heterocycles. The monoisotopic (exact) mass is 341 g/mol. The third kappa shape index (κ3) is 3.44. The Kier molecular flexibility index (Phi) is 4.77. The van der Waals surface area contributed by atoms with Crippen molar-refractivity contribution < 1.29 is 9.53 Å². The number of likely N-dealkylation sites (tertiary alicyclic amines) is 1. The highest BCUT2D eigenvalue weighted by Crippen LogP contribution is 2.30. The molecule has 2 fully saturated rings. The van der Waals surface area contributed by atoms with Crippen molar-refractivity contribution in [3.05, 3.63) is 36.0 Å². The van der Waals surface area contributed by atoms with Gasteiger partial charge in [0.1, 0.15) is 0 Å². The number of para-hydroxylation sites is 1. The first kappa shape index (κ1) is 16.6. The minimum absolute atomic E-state index is 0.0261. The first-order valence-corrected chi connectivity index (χ1v) is 9.40. The highest BCUT2D eigenvalue weighted by molar-refractivity contribution is 5.82. The van der Waals surface area contributed by atoms with Crippen LogP contribution in [0.15, 0.2) is 30.3 Å². The van der Waals surface area contributed by atoms with Crippen LogP contribution in [0.25, 0.3) is 10.9 Å². The molecule has 0 spiro atoms. The van der Waals surface area contributed by atoms with Gasteiger partial charge in [-0.25, -0.2) is 0 Å². The zero-order chi connectivity index (χ0) is 17.2. The molecule has 2 aromatic rings. The van der Waals surface area contributed by atoms with E-state index in [1.165, 1.54) is 16.6 Å². The van der Waals surface area contributed by atoms with Crippen molar-refractivity contribution in [1.82, 2.24) is 14.8 Å². The highest BCUT2D eigenvalue weighted by atomic mass is 16.5. The number of carbonyl (C=O) groups is 1. The van der Waals surface area contributed by atoms with Gasteiger partial charge < -0.3 is 14.6 Å². The molecule has 5 nitrogen and oxygen atoms in total. The summed E-state index contributed by atoms with van der Waals surface area (Å²) in [6.07, 6.45) is 2.21. The Balaban J connectivity index is 1.36. The number of ether oxygens (including phenoxy) is 1. The summed E-state index contributed by atoms with van der Waals surface area (Å²) in [4.78, 5) is 20.6. The summed E-state index contributed by atoms with van der Waals surface area (Å²) in [6.45, 7) is 6.82. The Hall–Kier alpha value is -1.85. The third-order valence-electron chi connectivity index (χ3n) is 5.75. The van der Waals surface area contributed by atoms with Crippen LogP contribution in [0.4, 0.5) is 0 Å². The second-order valence-electron chi connectivity index (χ2n) is 7.24. The number of nitrogens with zero attached hydrogens (tertiary/aromatic N) is 2. The molecule has 1 aromatic heterocycles. The van der Waals surface area contributed by atoms with Gasteiger partial charge in [0.15, 0.2) is 0 Å². The fraction of sp³-hybridized carbons (Fsp3) is 0.550. The molecule has 0 aliphatic carbocycles. The van der Waals surface area contributed by atoms with Crippen molar-refractivity contribution in [2.45, 2.75) is 31.7 Å². The summed E-state index contributed by atoms with van der Waals surface area (Å²) in [5.74, 6) is 0.821. The van der Waals surface area contributed by atoms with Gasteiger partial charge in [-0.1, -0.05) is 18.2 Å². The van der Waals surface area contributed by atoms with E-state index in [-0.39, 0.29) is 11.9 Å². The number of hydrogen-bond acceptors (Lipinski definition) is 3. The van der Waals surface area contributed by atoms with Crippen LogP contribution in [0.5, 0.6) is 0 Å². The molecular formula is C20H27N3O2. The van der Waals surface area contributed by atoms with Gasteiger partial charge in [-0.15, -0.1) is 0 Å². The molecule has 4 rings (SSSR count). The minimum atomic E-state index is -0.0261. The van der Waals surface area contributed by atoms with Crippen LogP contribution in [0, 0.1) is 0 Å². The molecule has 0 saturated carbocycles. The van der Waals surface area contributed by atoms with E-state index in [4.69, 9.17) is 4.74 Å². The summed E-state index contributed by atoms with van der Waals surface area (Å²) in [5.41, 5.74) is 2.56. The van der Waals surface area contributed by atoms with Crippen LogP contribution in [0.2, 0.25) is 0 Å². The van der Waals surface area contributed by atoms with Crippen LogP contribution < -0.4 is 0 Å². The zero-order valence-electron chi connectivity index (χ0n) is 14.9. The second kappa shape index (κ2) is 7.18. The summed E-state index contributed by atoms with van der Waals surface area (Å²) < 4.78 is 5.35. The van der Waals surface area contributed by atoms with Crippen molar-refractivity contribution in [2.75, 3.05) is 39.4 Å². The molecule has 1 amide bonds. The quantitative estimate of drug-likeness (QED) is 0.933. The number of benzene rings is 1. The number of fused-ring (bicyclic) bond motifs is 1. The van der Waals surface area contributed by atoms with E-state index < -0.39 is 0 Å². The summed E-state index contributed by atoms with van der Waals surface area (Å²) in [5, 5.41) is 1.29. The highest BCUT2D eigenvalue weighted by Gasteiger charge is 2.30. The van der Waals surface area contributed by atoms with Crippen molar-refractivity contribution in [2.24, 2.45) is 0 Å². The molecule has 25 heavy (non-hydrogen) atoms. The van der Waals surface area contributed by atoms with Gasteiger partial charge in [-0.05, 0) is 50.4 Å². The van der Waals surface area contributed by atoms with Gasteiger partial charge in [0.05, 0.1) is 19.3 Å². The fourth-order valence-electron chi connectivity index (χ4n) is 4.12. The standard InChI is InChI=1S/C20H27N3O2/c1-15(20(24)23-10-12-25-13-11-23)22-8-6-16(7-9-22)19-14-17-4-2-3-5-18(17)21-19/h2-5,14-16,21H,6-13H2,1H3/t15-/m0/s1. The Labute approximate surface area is 148 Å². The number of rotatable bonds is 3. The third-order valence-corrected chi connectivity index (χ3v) is 5.75. The van der Waals surface area contributed by atoms with Crippen molar-refractivity contribution in [3.8, 4) is 0 Å². The summed E-state index contributed by atoms with van der Waals surface area (Å²) >= 11 is 0. The van der Waals surface area contributed by atoms with Gasteiger partial charge >= 0.3 is 0 Å². The number of H-pyrrole nitrogens is 1. The SMILES string of the molecule is C[C@@H](C(=O)N1CCOCC1)N1CCC(c2cc3ccccc3[nH]2)CC1. The van der Waals surface area contributed by atoms with Gasteiger partial charge in [0, 0.05) is 30.2 Å². The van der Waals surface area contributed by atoms with Crippen molar-refractivity contribution in [1.29, 1.82) is 0 Å². The molecule has 2 aliphatic rings. The Morgan fingerprint density at radius 1 is 1.16 bits per heavy atom. The maximum Gasteiger partial charge on any atom is 0.239 e. The van der Waals surface area contributed by atoms with Crippen LogP contribution in [-0.2, 0) is 9.53 Å². The first-order valence-electron chi connectivity index (χ1n) is 9.40. The Morgan fingerprint density at radius 2 is 1.88 bits per heavy atom. The number of nitrogens with one attached hydrogen (secondary N) is 1. The number of aromatic nitrogens is 1. The largest absolute Gasteiger partial charge is 0.378 e. The lowest BCUT2D eigenvalue weighted by molar-refractivity contribution is -0.140. The fourth-order valence-corrected chi connectivity index (χ4v) is 4.12. The molecule has 1 aromatic carbocycles. The summed E-state index contributed by atoms with van der Waals surface area (Å²) in [6, 6.07) is 10.7. The molecule has 2 saturated heterocycles. The van der Waals surface area contributed by atoms with Crippen molar-refractivity contribution >= 4 is 16.8 Å². The molecule has 5 heteroatoms. The summed E-state index contributed by atoms with van der Waals surface area (Å²) in [7, 11) is 0. The van der Waals surface area contributed by atoms with Gasteiger partial charge in [-0.3, -0.25) is 9.69 Å². The predicted molar refractivity (Wildman–Crippen MR) is 98.7 cm³/mol. The molecular weight excluding hydrogens is 314 g/mol. The molecule has 3 heterocycles. The number of amides is 1. The van der Waals surface area contributed by atoms with Crippen molar-refractivity contribution in [3.63, 3.8) is 0 Å². The molecule has 0 bridgehead atoms. The van der Waals surface area contributed by atoms with E-state index in [0.29, 0.717) is 19.1 Å². The van der Waals surface area contributed by atoms with E-state index in [2.05, 4.69) is 47.1 Å². The van der Waals surface area contributed by atoms with Gasteiger partial charge in [0.2, 0.25) is 5.91 Å². The van der Waals surface area contributed by atoms with Crippen LogP contribution >= 0.6 is 0 Å².